The molecule has 4 heterocycles. The van der Waals surface area contributed by atoms with Crippen LogP contribution < -0.4 is 0 Å². The van der Waals surface area contributed by atoms with Crippen molar-refractivity contribution in [3.63, 3.8) is 0 Å². The first kappa shape index (κ1) is 22.2. The summed E-state index contributed by atoms with van der Waals surface area (Å²) in [5.41, 5.74) is 7.57. The van der Waals surface area contributed by atoms with Gasteiger partial charge in [-0.05, 0) is 47.9 Å². The summed E-state index contributed by atoms with van der Waals surface area (Å²) in [6.45, 7) is 0. The van der Waals surface area contributed by atoms with Crippen LogP contribution in [0.5, 0.6) is 0 Å². The Morgan fingerprint density at radius 3 is 1.98 bits per heavy atom. The van der Waals surface area contributed by atoms with E-state index < -0.39 is 0 Å². The second kappa shape index (κ2) is 7.71. The lowest BCUT2D eigenvalue weighted by atomic mass is 9.99. The summed E-state index contributed by atoms with van der Waals surface area (Å²) in [6.07, 6.45) is 0. The monoisotopic (exact) mass is 562 g/mol. The minimum absolute atomic E-state index is 1.20. The topological polar surface area (TPSA) is 9.34 Å². The molecule has 0 aliphatic rings. The van der Waals surface area contributed by atoms with E-state index in [2.05, 4.69) is 142 Å². The van der Waals surface area contributed by atoms with E-state index in [1.807, 2.05) is 11.3 Å². The van der Waals surface area contributed by atoms with Crippen LogP contribution >= 0.6 is 11.3 Å². The highest BCUT2D eigenvalue weighted by Gasteiger charge is 2.22. The first-order valence-electron chi connectivity index (χ1n) is 14.8. The number of hydrogen-bond acceptors (Lipinski definition) is 1. The van der Waals surface area contributed by atoms with Crippen molar-refractivity contribution in [2.75, 3.05) is 0 Å². The molecule has 0 spiro atoms. The molecule has 0 N–H and O–H groups in total. The van der Waals surface area contributed by atoms with Gasteiger partial charge in [-0.3, -0.25) is 0 Å². The van der Waals surface area contributed by atoms with E-state index in [9.17, 15) is 0 Å². The molecule has 0 unspecified atom stereocenters. The fraction of sp³-hybridized carbons (Fsp3) is 0. The van der Waals surface area contributed by atoms with Gasteiger partial charge < -0.3 is 8.97 Å². The molecule has 3 heteroatoms. The number of nitrogens with zero attached hydrogens (tertiary/aromatic N) is 2. The molecular formula is C40H22N2S. The van der Waals surface area contributed by atoms with Gasteiger partial charge in [0.25, 0.3) is 0 Å². The molecule has 7 aromatic carbocycles. The van der Waals surface area contributed by atoms with Gasteiger partial charge in [0.05, 0.1) is 27.6 Å². The Morgan fingerprint density at radius 1 is 0.395 bits per heavy atom. The van der Waals surface area contributed by atoms with Gasteiger partial charge in [-0.15, -0.1) is 11.3 Å². The molecule has 0 aliphatic heterocycles. The second-order valence-corrected chi connectivity index (χ2v) is 12.8. The van der Waals surface area contributed by atoms with Crippen LogP contribution in [0, 0.1) is 0 Å². The van der Waals surface area contributed by atoms with Gasteiger partial charge in [0.1, 0.15) is 0 Å². The van der Waals surface area contributed by atoms with Gasteiger partial charge in [0, 0.05) is 63.6 Å². The molecule has 198 valence electrons. The average Bonchev–Trinajstić information content (AvgIpc) is 3.80. The summed E-state index contributed by atoms with van der Waals surface area (Å²) in [4.78, 5) is 0. The van der Waals surface area contributed by atoms with Crippen LogP contribution in [0.25, 0.3) is 96.5 Å². The zero-order valence-electron chi connectivity index (χ0n) is 23.0. The summed E-state index contributed by atoms with van der Waals surface area (Å²) in [7, 11) is 0. The Balaban J connectivity index is 1.39. The van der Waals surface area contributed by atoms with E-state index in [1.54, 1.807) is 0 Å². The second-order valence-electron chi connectivity index (χ2n) is 11.7. The molecule has 43 heavy (non-hydrogen) atoms. The minimum Gasteiger partial charge on any atom is -0.309 e. The first-order chi connectivity index (χ1) is 21.3. The van der Waals surface area contributed by atoms with Crippen molar-refractivity contribution in [3.05, 3.63) is 133 Å². The van der Waals surface area contributed by atoms with Gasteiger partial charge in [-0.25, -0.2) is 0 Å². The summed E-state index contributed by atoms with van der Waals surface area (Å²) in [6, 6.07) is 49.6. The third kappa shape index (κ3) is 2.65. The van der Waals surface area contributed by atoms with Crippen LogP contribution in [0.3, 0.4) is 0 Å². The quantitative estimate of drug-likeness (QED) is 0.188. The van der Waals surface area contributed by atoms with Gasteiger partial charge in [0.15, 0.2) is 0 Å². The van der Waals surface area contributed by atoms with Crippen LogP contribution in [-0.2, 0) is 0 Å². The van der Waals surface area contributed by atoms with Crippen molar-refractivity contribution in [1.29, 1.82) is 0 Å². The Bertz CT molecular complexity index is 2950. The van der Waals surface area contributed by atoms with Crippen molar-refractivity contribution in [2.45, 2.75) is 0 Å². The van der Waals surface area contributed by atoms with Crippen LogP contribution in [0.4, 0.5) is 0 Å². The maximum Gasteiger partial charge on any atom is 0.0626 e. The SMILES string of the molecule is c1ccc2c(c1)sc1ccc(-n3c4ccccc4c4ccc5ccc6c(c7cccc8c9ccccc9n6c87)c5c43)cc12. The van der Waals surface area contributed by atoms with Crippen molar-refractivity contribution in [3.8, 4) is 5.69 Å². The van der Waals surface area contributed by atoms with Crippen molar-refractivity contribution in [2.24, 2.45) is 0 Å². The lowest BCUT2D eigenvalue weighted by molar-refractivity contribution is 1.19. The number of rotatable bonds is 1. The largest absolute Gasteiger partial charge is 0.309 e. The number of hydrogen-bond donors (Lipinski definition) is 0. The minimum atomic E-state index is 1.20. The fourth-order valence-electron chi connectivity index (χ4n) is 7.91. The highest BCUT2D eigenvalue weighted by Crippen LogP contribution is 2.46. The normalized spacial score (nSPS) is 12.7. The van der Waals surface area contributed by atoms with E-state index >= 15 is 0 Å². The number of fused-ring (bicyclic) bond motifs is 15. The molecule has 0 bridgehead atoms. The van der Waals surface area contributed by atoms with Gasteiger partial charge >= 0.3 is 0 Å². The standard InChI is InChI=1S/C40H22N2S/c1-4-13-32-26(9-1)29-19-16-23-17-20-34-38(30-12-7-11-28-25-8-2-5-14-33(25)42(34)39(28)30)37(23)40(29)41(32)24-18-21-36-31(22-24)27-10-3-6-15-35(27)43-36/h1-22H. The Kier molecular flexibility index (Phi) is 3.99. The molecule has 0 saturated heterocycles. The van der Waals surface area contributed by atoms with Crippen LogP contribution in [-0.4, -0.2) is 8.97 Å². The first-order valence-corrected chi connectivity index (χ1v) is 15.6. The van der Waals surface area contributed by atoms with Crippen molar-refractivity contribution >= 4 is 102 Å². The smallest absolute Gasteiger partial charge is 0.0626 e. The molecule has 4 aromatic heterocycles. The third-order valence-electron chi connectivity index (χ3n) is 9.62. The summed E-state index contributed by atoms with van der Waals surface area (Å²) < 4.78 is 7.67. The van der Waals surface area contributed by atoms with Gasteiger partial charge in [0.2, 0.25) is 0 Å². The molecule has 0 aliphatic carbocycles. The number of thiophene rings is 1. The molecule has 0 amide bonds. The van der Waals surface area contributed by atoms with Crippen LogP contribution in [0.2, 0.25) is 0 Å². The summed E-state index contributed by atoms with van der Waals surface area (Å²) in [5, 5.41) is 13.1. The van der Waals surface area contributed by atoms with Crippen LogP contribution in [0.1, 0.15) is 0 Å². The summed E-state index contributed by atoms with van der Waals surface area (Å²) in [5.74, 6) is 0. The highest BCUT2D eigenvalue weighted by molar-refractivity contribution is 7.25. The Morgan fingerprint density at radius 2 is 1.07 bits per heavy atom. The summed E-state index contributed by atoms with van der Waals surface area (Å²) >= 11 is 1.87. The molecule has 2 nitrogen and oxygen atoms in total. The van der Waals surface area contributed by atoms with Crippen molar-refractivity contribution in [1.82, 2.24) is 8.97 Å². The number of benzene rings is 7. The fourth-order valence-corrected chi connectivity index (χ4v) is 8.99. The predicted molar refractivity (Wildman–Crippen MR) is 186 cm³/mol. The maximum absolute atomic E-state index is 2.52. The van der Waals surface area contributed by atoms with E-state index in [4.69, 9.17) is 0 Å². The molecule has 11 rings (SSSR count). The van der Waals surface area contributed by atoms with Crippen molar-refractivity contribution < 1.29 is 0 Å². The highest BCUT2D eigenvalue weighted by atomic mass is 32.1. The average molecular weight is 563 g/mol. The Hall–Kier alpha value is -5.38. The Labute approximate surface area is 249 Å². The van der Waals surface area contributed by atoms with E-state index in [-0.39, 0.29) is 0 Å². The molecule has 0 atom stereocenters. The lowest BCUT2D eigenvalue weighted by Gasteiger charge is -2.12. The van der Waals surface area contributed by atoms with Gasteiger partial charge in [-0.1, -0.05) is 91.0 Å². The van der Waals surface area contributed by atoms with E-state index in [0.717, 1.165) is 0 Å². The molecule has 0 saturated carbocycles. The molecule has 0 radical (unpaired) electrons. The molecule has 0 fully saturated rings. The third-order valence-corrected chi connectivity index (χ3v) is 10.8. The molecular weight excluding hydrogens is 541 g/mol. The van der Waals surface area contributed by atoms with Gasteiger partial charge in [-0.2, -0.15) is 0 Å². The zero-order chi connectivity index (χ0) is 27.8. The maximum atomic E-state index is 2.52. The number of para-hydroxylation sites is 3. The zero-order valence-corrected chi connectivity index (χ0v) is 23.8. The van der Waals surface area contributed by atoms with E-state index in [1.165, 1.54) is 96.5 Å². The lowest BCUT2D eigenvalue weighted by Crippen LogP contribution is -1.94. The molecule has 11 aromatic rings. The van der Waals surface area contributed by atoms with Crippen LogP contribution in [0.15, 0.2) is 133 Å². The van der Waals surface area contributed by atoms with E-state index in [0.29, 0.717) is 0 Å². The predicted octanol–water partition coefficient (Wildman–Crippen LogP) is 11.5. The number of aromatic nitrogens is 2.